The van der Waals surface area contributed by atoms with Crippen molar-refractivity contribution >= 4 is 11.6 Å². The first kappa shape index (κ1) is 13.1. The average molecular weight is 266 g/mol. The highest BCUT2D eigenvalue weighted by molar-refractivity contribution is 6.31. The molecule has 0 aliphatic carbocycles. The lowest BCUT2D eigenvalue weighted by molar-refractivity contribution is 0.106. The smallest absolute Gasteiger partial charge is 0.118 e. The summed E-state index contributed by atoms with van der Waals surface area (Å²) in [6.45, 7) is 3.31. The van der Waals surface area contributed by atoms with Crippen molar-refractivity contribution in [2.75, 3.05) is 0 Å². The first-order chi connectivity index (χ1) is 8.70. The molecule has 18 heavy (non-hydrogen) atoms. The molecule has 0 atom stereocenters. The van der Waals surface area contributed by atoms with E-state index >= 15 is 0 Å². The highest BCUT2D eigenvalue weighted by atomic mass is 35.5. The highest BCUT2D eigenvalue weighted by Crippen LogP contribution is 2.18. The van der Waals surface area contributed by atoms with Gasteiger partial charge in [0.1, 0.15) is 11.5 Å². The molecule has 0 unspecified atom stereocenters. The van der Waals surface area contributed by atoms with Gasteiger partial charge in [-0.2, -0.15) is 0 Å². The molecule has 2 N–H and O–H groups in total. The van der Waals surface area contributed by atoms with Gasteiger partial charge in [-0.1, -0.05) is 29.8 Å². The van der Waals surface area contributed by atoms with Crippen LogP contribution in [0.25, 0.3) is 0 Å². The van der Waals surface area contributed by atoms with Gasteiger partial charge in [-0.3, -0.25) is 0 Å². The van der Waals surface area contributed by atoms with Crippen LogP contribution in [-0.4, -0.2) is 0 Å². The number of aryl methyl sites for hydroxylation is 1. The maximum atomic E-state index is 6.05. The van der Waals surface area contributed by atoms with Crippen molar-refractivity contribution in [3.8, 4) is 0 Å². The fourth-order valence-corrected chi connectivity index (χ4v) is 1.91. The normalized spacial score (nSPS) is 10.8. The fourth-order valence-electron chi connectivity index (χ4n) is 1.72. The van der Waals surface area contributed by atoms with E-state index in [1.807, 2.05) is 37.3 Å². The number of hydrogen-bond acceptors (Lipinski definition) is 3. The van der Waals surface area contributed by atoms with E-state index < -0.39 is 0 Å². The number of hydrogen-bond donors (Lipinski definition) is 1. The van der Waals surface area contributed by atoms with Gasteiger partial charge >= 0.3 is 0 Å². The van der Waals surface area contributed by atoms with Gasteiger partial charge in [0.05, 0.1) is 19.8 Å². The first-order valence-electron chi connectivity index (χ1n) is 5.80. The van der Waals surface area contributed by atoms with Crippen molar-refractivity contribution in [1.29, 1.82) is 0 Å². The second-order valence-electron chi connectivity index (χ2n) is 4.08. The molecule has 0 bridgehead atoms. The molecule has 0 saturated carbocycles. The summed E-state index contributed by atoms with van der Waals surface area (Å²) in [5.41, 5.74) is 7.54. The summed E-state index contributed by atoms with van der Waals surface area (Å²) in [4.78, 5) is 0. The Morgan fingerprint density at radius 3 is 2.61 bits per heavy atom. The Balaban J connectivity index is 1.92. The van der Waals surface area contributed by atoms with Crippen molar-refractivity contribution in [3.05, 3.63) is 58.0 Å². The number of halogens is 1. The van der Waals surface area contributed by atoms with Gasteiger partial charge in [-0.05, 0) is 24.6 Å². The van der Waals surface area contributed by atoms with Crippen LogP contribution in [0.1, 0.15) is 22.6 Å². The standard InChI is InChI=1S/C14H16ClNO2/c1-10-12(6-13(7-16)18-10)9-17-8-11-4-2-3-5-14(11)15/h2-6H,7-9,16H2,1H3. The van der Waals surface area contributed by atoms with Gasteiger partial charge in [0.25, 0.3) is 0 Å². The molecule has 0 radical (unpaired) electrons. The maximum absolute atomic E-state index is 6.05. The predicted molar refractivity (Wildman–Crippen MR) is 71.3 cm³/mol. The Morgan fingerprint density at radius 1 is 1.22 bits per heavy atom. The Labute approximate surface area is 111 Å². The van der Waals surface area contributed by atoms with Crippen LogP contribution in [0, 0.1) is 6.92 Å². The number of ether oxygens (including phenoxy) is 1. The molecular formula is C14H16ClNO2. The van der Waals surface area contributed by atoms with Crippen molar-refractivity contribution in [2.45, 2.75) is 26.7 Å². The molecular weight excluding hydrogens is 250 g/mol. The Morgan fingerprint density at radius 2 is 1.94 bits per heavy atom. The highest BCUT2D eigenvalue weighted by Gasteiger charge is 2.07. The van der Waals surface area contributed by atoms with E-state index in [2.05, 4.69) is 0 Å². The second kappa shape index (κ2) is 6.05. The van der Waals surface area contributed by atoms with Crippen molar-refractivity contribution in [1.82, 2.24) is 0 Å². The van der Waals surface area contributed by atoms with E-state index in [1.165, 1.54) is 0 Å². The zero-order valence-corrected chi connectivity index (χ0v) is 11.0. The molecule has 0 spiro atoms. The quantitative estimate of drug-likeness (QED) is 0.901. The van der Waals surface area contributed by atoms with Gasteiger partial charge in [0, 0.05) is 10.6 Å². The minimum atomic E-state index is 0.408. The van der Waals surface area contributed by atoms with Crippen molar-refractivity contribution < 1.29 is 9.15 Å². The van der Waals surface area contributed by atoms with E-state index in [0.29, 0.717) is 19.8 Å². The summed E-state index contributed by atoms with van der Waals surface area (Å²) in [6, 6.07) is 9.59. The first-order valence-corrected chi connectivity index (χ1v) is 6.18. The van der Waals surface area contributed by atoms with Crippen LogP contribution in [0.2, 0.25) is 5.02 Å². The van der Waals surface area contributed by atoms with E-state index in [1.54, 1.807) is 0 Å². The fraction of sp³-hybridized carbons (Fsp3) is 0.286. The molecule has 0 aliphatic rings. The van der Waals surface area contributed by atoms with Gasteiger partial charge in [0.15, 0.2) is 0 Å². The van der Waals surface area contributed by atoms with Crippen LogP contribution in [0.5, 0.6) is 0 Å². The Bertz CT molecular complexity index is 522. The number of furan rings is 1. The van der Waals surface area contributed by atoms with Crippen LogP contribution < -0.4 is 5.73 Å². The zero-order chi connectivity index (χ0) is 13.0. The van der Waals surface area contributed by atoms with Crippen LogP contribution in [-0.2, 0) is 24.5 Å². The average Bonchev–Trinajstić information content (AvgIpc) is 2.73. The lowest BCUT2D eigenvalue weighted by Gasteiger charge is -2.05. The van der Waals surface area contributed by atoms with Gasteiger partial charge < -0.3 is 14.9 Å². The molecule has 0 fully saturated rings. The monoisotopic (exact) mass is 265 g/mol. The zero-order valence-electron chi connectivity index (χ0n) is 10.3. The van der Waals surface area contributed by atoms with Crippen LogP contribution >= 0.6 is 11.6 Å². The van der Waals surface area contributed by atoms with Crippen LogP contribution in [0.15, 0.2) is 34.7 Å². The van der Waals surface area contributed by atoms with E-state index in [-0.39, 0.29) is 0 Å². The van der Waals surface area contributed by atoms with Crippen molar-refractivity contribution in [2.24, 2.45) is 5.73 Å². The molecule has 0 saturated heterocycles. The SMILES string of the molecule is Cc1oc(CN)cc1COCc1ccccc1Cl. The van der Waals surface area contributed by atoms with E-state index in [9.17, 15) is 0 Å². The Hall–Kier alpha value is -1.29. The minimum absolute atomic E-state index is 0.408. The predicted octanol–water partition coefficient (Wildman–Crippen LogP) is 3.42. The third-order valence-corrected chi connectivity index (χ3v) is 3.11. The van der Waals surface area contributed by atoms with Crippen LogP contribution in [0.3, 0.4) is 0 Å². The molecule has 1 aromatic carbocycles. The molecule has 4 heteroatoms. The Kier molecular flexibility index (Phi) is 4.42. The van der Waals surface area contributed by atoms with E-state index in [4.69, 9.17) is 26.5 Å². The third kappa shape index (κ3) is 3.13. The molecule has 1 heterocycles. The lowest BCUT2D eigenvalue weighted by atomic mass is 10.2. The number of benzene rings is 1. The van der Waals surface area contributed by atoms with E-state index in [0.717, 1.165) is 27.7 Å². The summed E-state index contributed by atoms with van der Waals surface area (Å²) < 4.78 is 11.1. The molecule has 96 valence electrons. The molecule has 0 aliphatic heterocycles. The van der Waals surface area contributed by atoms with Crippen molar-refractivity contribution in [3.63, 3.8) is 0 Å². The molecule has 0 amide bonds. The summed E-state index contributed by atoms with van der Waals surface area (Å²) in [5.74, 6) is 1.64. The minimum Gasteiger partial charge on any atom is -0.465 e. The third-order valence-electron chi connectivity index (χ3n) is 2.75. The summed E-state index contributed by atoms with van der Waals surface area (Å²) in [7, 11) is 0. The van der Waals surface area contributed by atoms with Gasteiger partial charge in [-0.25, -0.2) is 0 Å². The number of nitrogens with two attached hydrogens (primary N) is 1. The molecule has 2 aromatic rings. The van der Waals surface area contributed by atoms with Gasteiger partial charge in [0.2, 0.25) is 0 Å². The number of rotatable bonds is 5. The summed E-state index contributed by atoms with van der Waals surface area (Å²) in [6.07, 6.45) is 0. The summed E-state index contributed by atoms with van der Waals surface area (Å²) >= 11 is 6.05. The molecule has 3 nitrogen and oxygen atoms in total. The van der Waals surface area contributed by atoms with Gasteiger partial charge in [-0.15, -0.1) is 0 Å². The second-order valence-corrected chi connectivity index (χ2v) is 4.49. The maximum Gasteiger partial charge on any atom is 0.118 e. The molecule has 2 rings (SSSR count). The topological polar surface area (TPSA) is 48.4 Å². The van der Waals surface area contributed by atoms with Crippen LogP contribution in [0.4, 0.5) is 0 Å². The molecule has 1 aromatic heterocycles. The lowest BCUT2D eigenvalue weighted by Crippen LogP contribution is -1.95. The summed E-state index contributed by atoms with van der Waals surface area (Å²) in [5, 5.41) is 0.726. The largest absolute Gasteiger partial charge is 0.465 e.